The Morgan fingerprint density at radius 3 is 2.68 bits per heavy atom. The van der Waals surface area contributed by atoms with Gasteiger partial charge in [-0.3, -0.25) is 4.79 Å². The number of alkyl halides is 3. The van der Waals surface area contributed by atoms with Crippen molar-refractivity contribution in [3.8, 4) is 0 Å². The van der Waals surface area contributed by atoms with Gasteiger partial charge in [-0.1, -0.05) is 6.07 Å². The van der Waals surface area contributed by atoms with Crippen molar-refractivity contribution in [2.75, 3.05) is 24.5 Å². The summed E-state index contributed by atoms with van der Waals surface area (Å²) in [6, 6.07) is 3.99. The molecule has 0 radical (unpaired) electrons. The van der Waals surface area contributed by atoms with Crippen molar-refractivity contribution >= 4 is 11.6 Å². The standard InChI is InChI=1S/C12H14F3N3O/c13-12(14,15)10-5-9(2-1-8(10)6-16)18-4-3-17-11(19)7-18/h1-2,5H,3-4,6-7,16H2,(H,17,19). The highest BCUT2D eigenvalue weighted by Gasteiger charge is 2.33. The zero-order chi connectivity index (χ0) is 14.0. The first-order valence-electron chi connectivity index (χ1n) is 5.83. The van der Waals surface area contributed by atoms with E-state index in [2.05, 4.69) is 5.32 Å². The van der Waals surface area contributed by atoms with Crippen LogP contribution in [0.25, 0.3) is 0 Å². The van der Waals surface area contributed by atoms with Gasteiger partial charge in [0, 0.05) is 25.3 Å². The highest BCUT2D eigenvalue weighted by molar-refractivity contribution is 5.82. The minimum Gasteiger partial charge on any atom is -0.360 e. The molecule has 3 N–H and O–H groups in total. The molecule has 1 heterocycles. The second-order valence-corrected chi connectivity index (χ2v) is 4.31. The molecule has 0 bridgehead atoms. The Morgan fingerprint density at radius 1 is 1.37 bits per heavy atom. The number of halogens is 3. The molecular weight excluding hydrogens is 259 g/mol. The van der Waals surface area contributed by atoms with E-state index in [1.165, 1.54) is 6.07 Å². The molecule has 1 fully saturated rings. The molecule has 0 saturated carbocycles. The highest BCUT2D eigenvalue weighted by Crippen LogP contribution is 2.34. The van der Waals surface area contributed by atoms with Crippen LogP contribution in [0.15, 0.2) is 18.2 Å². The van der Waals surface area contributed by atoms with E-state index in [4.69, 9.17) is 5.73 Å². The van der Waals surface area contributed by atoms with Crippen LogP contribution >= 0.6 is 0 Å². The predicted molar refractivity (Wildman–Crippen MR) is 64.6 cm³/mol. The summed E-state index contributed by atoms with van der Waals surface area (Å²) in [6.07, 6.45) is -4.44. The topological polar surface area (TPSA) is 58.4 Å². The number of hydrogen-bond acceptors (Lipinski definition) is 3. The number of hydrogen-bond donors (Lipinski definition) is 2. The van der Waals surface area contributed by atoms with Gasteiger partial charge in [0.05, 0.1) is 12.1 Å². The SMILES string of the molecule is NCc1ccc(N2CCNC(=O)C2)cc1C(F)(F)F. The first-order valence-corrected chi connectivity index (χ1v) is 5.83. The molecule has 0 unspecified atom stereocenters. The molecule has 0 atom stereocenters. The van der Waals surface area contributed by atoms with Crippen LogP contribution in [0, 0.1) is 0 Å². The average Bonchev–Trinajstić information content (AvgIpc) is 2.37. The average molecular weight is 273 g/mol. The van der Waals surface area contributed by atoms with E-state index < -0.39 is 11.7 Å². The lowest BCUT2D eigenvalue weighted by atomic mass is 10.1. The lowest BCUT2D eigenvalue weighted by Crippen LogP contribution is -2.47. The Labute approximate surface area is 108 Å². The number of rotatable bonds is 2. The smallest absolute Gasteiger partial charge is 0.360 e. The van der Waals surface area contributed by atoms with E-state index in [9.17, 15) is 18.0 Å². The molecule has 1 aromatic rings. The fraction of sp³-hybridized carbons (Fsp3) is 0.417. The highest BCUT2D eigenvalue weighted by atomic mass is 19.4. The molecule has 7 heteroatoms. The summed E-state index contributed by atoms with van der Waals surface area (Å²) in [5.74, 6) is -0.192. The number of piperazine rings is 1. The van der Waals surface area contributed by atoms with Crippen molar-refractivity contribution < 1.29 is 18.0 Å². The first-order chi connectivity index (χ1) is 8.91. The molecule has 1 aliphatic rings. The first kappa shape index (κ1) is 13.7. The lowest BCUT2D eigenvalue weighted by Gasteiger charge is -2.29. The van der Waals surface area contributed by atoms with E-state index in [0.717, 1.165) is 6.07 Å². The van der Waals surface area contributed by atoms with Gasteiger partial charge in [-0.25, -0.2) is 0 Å². The van der Waals surface area contributed by atoms with Gasteiger partial charge in [-0.15, -0.1) is 0 Å². The lowest BCUT2D eigenvalue weighted by molar-refractivity contribution is -0.138. The normalized spacial score (nSPS) is 16.4. The molecule has 0 aliphatic carbocycles. The number of carbonyl (C=O) groups is 1. The molecule has 1 saturated heterocycles. The molecule has 1 aliphatic heterocycles. The van der Waals surface area contributed by atoms with Gasteiger partial charge < -0.3 is 16.0 Å². The molecular formula is C12H14F3N3O. The van der Waals surface area contributed by atoms with Crippen molar-refractivity contribution in [3.05, 3.63) is 29.3 Å². The molecule has 1 aromatic carbocycles. The maximum Gasteiger partial charge on any atom is 0.416 e. The third kappa shape index (κ3) is 2.98. The number of amides is 1. The maximum atomic E-state index is 12.9. The van der Waals surface area contributed by atoms with Crippen LogP contribution < -0.4 is 16.0 Å². The van der Waals surface area contributed by atoms with Crippen molar-refractivity contribution in [2.24, 2.45) is 5.73 Å². The van der Waals surface area contributed by atoms with Crippen LogP contribution in [0.2, 0.25) is 0 Å². The number of nitrogens with one attached hydrogen (secondary N) is 1. The second kappa shape index (κ2) is 5.08. The Kier molecular flexibility index (Phi) is 3.66. The Morgan fingerprint density at radius 2 is 2.11 bits per heavy atom. The van der Waals surface area contributed by atoms with Crippen molar-refractivity contribution in [1.29, 1.82) is 0 Å². The minimum atomic E-state index is -4.44. The summed E-state index contributed by atoms with van der Waals surface area (Å²) < 4.78 is 38.7. The van der Waals surface area contributed by atoms with Crippen LogP contribution in [-0.2, 0) is 17.5 Å². The molecule has 104 valence electrons. The fourth-order valence-corrected chi connectivity index (χ4v) is 2.06. The molecule has 2 rings (SSSR count). The van der Waals surface area contributed by atoms with Gasteiger partial charge in [0.25, 0.3) is 0 Å². The van der Waals surface area contributed by atoms with Gasteiger partial charge in [-0.2, -0.15) is 13.2 Å². The molecule has 19 heavy (non-hydrogen) atoms. The number of nitrogens with two attached hydrogens (primary N) is 1. The van der Waals surface area contributed by atoms with Crippen LogP contribution in [0.4, 0.5) is 18.9 Å². The fourth-order valence-electron chi connectivity index (χ4n) is 2.06. The Bertz CT molecular complexity index is 488. The van der Waals surface area contributed by atoms with Crippen LogP contribution in [0.3, 0.4) is 0 Å². The van der Waals surface area contributed by atoms with E-state index >= 15 is 0 Å². The van der Waals surface area contributed by atoms with E-state index in [1.54, 1.807) is 11.0 Å². The third-order valence-corrected chi connectivity index (χ3v) is 3.02. The van der Waals surface area contributed by atoms with Crippen LogP contribution in [0.5, 0.6) is 0 Å². The van der Waals surface area contributed by atoms with Gasteiger partial charge in [-0.05, 0) is 17.7 Å². The summed E-state index contributed by atoms with van der Waals surface area (Å²) in [5, 5.41) is 2.63. The van der Waals surface area contributed by atoms with Gasteiger partial charge in [0.15, 0.2) is 0 Å². The molecule has 4 nitrogen and oxygen atoms in total. The Hall–Kier alpha value is -1.76. The van der Waals surface area contributed by atoms with Crippen LogP contribution in [-0.4, -0.2) is 25.5 Å². The van der Waals surface area contributed by atoms with Gasteiger partial charge in [0.1, 0.15) is 0 Å². The molecule has 1 amide bonds. The quantitative estimate of drug-likeness (QED) is 0.848. The van der Waals surface area contributed by atoms with Crippen molar-refractivity contribution in [1.82, 2.24) is 5.32 Å². The number of carbonyl (C=O) groups excluding carboxylic acids is 1. The van der Waals surface area contributed by atoms with Crippen molar-refractivity contribution in [2.45, 2.75) is 12.7 Å². The van der Waals surface area contributed by atoms with Gasteiger partial charge >= 0.3 is 6.18 Å². The monoisotopic (exact) mass is 273 g/mol. The molecule has 0 aromatic heterocycles. The minimum absolute atomic E-state index is 0.0534. The summed E-state index contributed by atoms with van der Waals surface area (Å²) in [6.45, 7) is 0.818. The summed E-state index contributed by atoms with van der Waals surface area (Å²) in [4.78, 5) is 12.9. The van der Waals surface area contributed by atoms with Crippen molar-refractivity contribution in [3.63, 3.8) is 0 Å². The number of nitrogens with zero attached hydrogens (tertiary/aromatic N) is 1. The zero-order valence-electron chi connectivity index (χ0n) is 10.1. The third-order valence-electron chi connectivity index (χ3n) is 3.02. The van der Waals surface area contributed by atoms with E-state index in [-0.39, 0.29) is 24.6 Å². The summed E-state index contributed by atoms with van der Waals surface area (Å²) in [5.41, 5.74) is 5.02. The summed E-state index contributed by atoms with van der Waals surface area (Å²) in [7, 11) is 0. The molecule has 0 spiro atoms. The van der Waals surface area contributed by atoms with E-state index in [1.807, 2.05) is 0 Å². The maximum absolute atomic E-state index is 12.9. The number of benzene rings is 1. The number of anilines is 1. The Balaban J connectivity index is 2.35. The summed E-state index contributed by atoms with van der Waals surface area (Å²) >= 11 is 0. The predicted octanol–water partition coefficient (Wildman–Crippen LogP) is 1.10. The second-order valence-electron chi connectivity index (χ2n) is 4.31. The largest absolute Gasteiger partial charge is 0.416 e. The zero-order valence-corrected chi connectivity index (χ0v) is 10.1. The van der Waals surface area contributed by atoms with Gasteiger partial charge in [0.2, 0.25) is 5.91 Å². The van der Waals surface area contributed by atoms with E-state index in [0.29, 0.717) is 18.8 Å². The van der Waals surface area contributed by atoms with Crippen LogP contribution in [0.1, 0.15) is 11.1 Å².